The molecule has 3 nitrogen and oxygen atoms in total. The van der Waals surface area contributed by atoms with E-state index in [0.717, 1.165) is 32.2 Å². The Morgan fingerprint density at radius 1 is 1.40 bits per heavy atom. The molecule has 2 rings (SSSR count). The fourth-order valence-electron chi connectivity index (χ4n) is 3.24. The van der Waals surface area contributed by atoms with Gasteiger partial charge < -0.3 is 5.11 Å². The molecule has 1 aromatic carbocycles. The normalized spacial score (nSPS) is 25.3. The standard InChI is InChI=1S/C17H25NO2/c1-3-17(16(19)20)10-7-11-18(13-17)14(2)12-15-8-5-4-6-9-15/h4-6,8-9,14H,3,7,10-13H2,1-2H3,(H,19,20). The summed E-state index contributed by atoms with van der Waals surface area (Å²) in [5, 5.41) is 9.55. The summed E-state index contributed by atoms with van der Waals surface area (Å²) >= 11 is 0. The summed E-state index contributed by atoms with van der Waals surface area (Å²) in [4.78, 5) is 14.0. The third kappa shape index (κ3) is 3.21. The van der Waals surface area contributed by atoms with Gasteiger partial charge in [-0.15, -0.1) is 0 Å². The molecule has 1 N–H and O–H groups in total. The number of likely N-dealkylation sites (tertiary alicyclic amines) is 1. The smallest absolute Gasteiger partial charge is 0.310 e. The third-order valence-electron chi connectivity index (χ3n) is 4.73. The van der Waals surface area contributed by atoms with Gasteiger partial charge in [0.05, 0.1) is 5.41 Å². The Morgan fingerprint density at radius 2 is 2.10 bits per heavy atom. The van der Waals surface area contributed by atoms with Crippen molar-refractivity contribution in [1.82, 2.24) is 4.90 Å². The van der Waals surface area contributed by atoms with Crippen molar-refractivity contribution in [3.05, 3.63) is 35.9 Å². The Labute approximate surface area is 121 Å². The Hall–Kier alpha value is -1.35. The molecule has 1 saturated heterocycles. The molecule has 1 aliphatic rings. The molecule has 0 saturated carbocycles. The van der Waals surface area contributed by atoms with Crippen LogP contribution in [0.1, 0.15) is 38.7 Å². The van der Waals surface area contributed by atoms with E-state index in [2.05, 4.69) is 36.1 Å². The number of rotatable bonds is 5. The molecule has 1 heterocycles. The molecular formula is C17H25NO2. The lowest BCUT2D eigenvalue weighted by Crippen LogP contribution is -2.50. The van der Waals surface area contributed by atoms with Crippen LogP contribution in [0.25, 0.3) is 0 Å². The van der Waals surface area contributed by atoms with Crippen molar-refractivity contribution in [1.29, 1.82) is 0 Å². The highest BCUT2D eigenvalue weighted by molar-refractivity contribution is 5.75. The lowest BCUT2D eigenvalue weighted by atomic mass is 9.77. The Balaban J connectivity index is 2.03. The molecule has 0 aliphatic carbocycles. The predicted molar refractivity (Wildman–Crippen MR) is 80.8 cm³/mol. The molecule has 0 bridgehead atoms. The van der Waals surface area contributed by atoms with E-state index in [1.807, 2.05) is 13.0 Å². The van der Waals surface area contributed by atoms with Crippen LogP contribution in [0.2, 0.25) is 0 Å². The summed E-state index contributed by atoms with van der Waals surface area (Å²) in [7, 11) is 0. The van der Waals surface area contributed by atoms with Crippen molar-refractivity contribution < 1.29 is 9.90 Å². The van der Waals surface area contributed by atoms with Gasteiger partial charge in [0, 0.05) is 12.6 Å². The van der Waals surface area contributed by atoms with Crippen molar-refractivity contribution >= 4 is 5.97 Å². The zero-order valence-electron chi connectivity index (χ0n) is 12.5. The van der Waals surface area contributed by atoms with E-state index in [1.165, 1.54) is 5.56 Å². The molecule has 1 aliphatic heterocycles. The van der Waals surface area contributed by atoms with Gasteiger partial charge >= 0.3 is 5.97 Å². The zero-order valence-corrected chi connectivity index (χ0v) is 12.5. The molecule has 0 spiro atoms. The van der Waals surface area contributed by atoms with E-state index in [4.69, 9.17) is 0 Å². The molecule has 0 radical (unpaired) electrons. The first-order valence-electron chi connectivity index (χ1n) is 7.59. The lowest BCUT2D eigenvalue weighted by Gasteiger charge is -2.42. The second-order valence-corrected chi connectivity index (χ2v) is 6.05. The summed E-state index contributed by atoms with van der Waals surface area (Å²) < 4.78 is 0. The first kappa shape index (κ1) is 15.0. The van der Waals surface area contributed by atoms with Crippen LogP contribution in [0.15, 0.2) is 30.3 Å². The van der Waals surface area contributed by atoms with Gasteiger partial charge in [0.2, 0.25) is 0 Å². The Bertz CT molecular complexity index is 446. The van der Waals surface area contributed by atoms with E-state index < -0.39 is 11.4 Å². The molecule has 2 atom stereocenters. The predicted octanol–water partition coefficient (Wildman–Crippen LogP) is 3.19. The molecule has 1 fully saturated rings. The number of nitrogens with zero attached hydrogens (tertiary/aromatic N) is 1. The number of carboxylic acid groups (broad SMARTS) is 1. The van der Waals surface area contributed by atoms with Crippen LogP contribution < -0.4 is 0 Å². The minimum atomic E-state index is -0.628. The van der Waals surface area contributed by atoms with Crippen molar-refractivity contribution in [3.63, 3.8) is 0 Å². The van der Waals surface area contributed by atoms with E-state index >= 15 is 0 Å². The number of benzene rings is 1. The quantitative estimate of drug-likeness (QED) is 0.897. The second-order valence-electron chi connectivity index (χ2n) is 6.05. The molecule has 0 aromatic heterocycles. The summed E-state index contributed by atoms with van der Waals surface area (Å²) in [5.74, 6) is -0.628. The van der Waals surface area contributed by atoms with Gasteiger partial charge in [-0.3, -0.25) is 9.69 Å². The summed E-state index contributed by atoms with van der Waals surface area (Å²) in [5.41, 5.74) is 0.784. The number of hydrogen-bond acceptors (Lipinski definition) is 2. The van der Waals surface area contributed by atoms with Crippen LogP contribution in [0.4, 0.5) is 0 Å². The number of piperidine rings is 1. The first-order valence-corrected chi connectivity index (χ1v) is 7.59. The average Bonchev–Trinajstić information content (AvgIpc) is 2.48. The summed E-state index contributed by atoms with van der Waals surface area (Å²) in [6.07, 6.45) is 3.50. The van der Waals surface area contributed by atoms with Crippen molar-refractivity contribution in [2.24, 2.45) is 5.41 Å². The second kappa shape index (κ2) is 6.40. The SMILES string of the molecule is CCC1(C(=O)O)CCCN(C(C)Cc2ccccc2)C1. The van der Waals surface area contributed by atoms with E-state index in [1.54, 1.807) is 0 Å². The van der Waals surface area contributed by atoms with Crippen LogP contribution in [0, 0.1) is 5.41 Å². The van der Waals surface area contributed by atoms with Gasteiger partial charge in [-0.25, -0.2) is 0 Å². The maximum Gasteiger partial charge on any atom is 0.310 e. The van der Waals surface area contributed by atoms with Gasteiger partial charge in [-0.2, -0.15) is 0 Å². The highest BCUT2D eigenvalue weighted by Gasteiger charge is 2.41. The Kier molecular flexibility index (Phi) is 4.81. The fraction of sp³-hybridized carbons (Fsp3) is 0.588. The average molecular weight is 275 g/mol. The minimum Gasteiger partial charge on any atom is -0.481 e. The molecule has 0 amide bonds. The van der Waals surface area contributed by atoms with Gasteiger partial charge in [0.1, 0.15) is 0 Å². The van der Waals surface area contributed by atoms with E-state index in [0.29, 0.717) is 12.6 Å². The van der Waals surface area contributed by atoms with Crippen molar-refractivity contribution in [2.45, 2.75) is 45.6 Å². The van der Waals surface area contributed by atoms with Crippen LogP contribution in [-0.2, 0) is 11.2 Å². The number of carboxylic acids is 1. The summed E-state index contributed by atoms with van der Waals surface area (Å²) in [6, 6.07) is 10.8. The van der Waals surface area contributed by atoms with Gasteiger partial charge in [-0.05, 0) is 44.7 Å². The van der Waals surface area contributed by atoms with Gasteiger partial charge in [-0.1, -0.05) is 37.3 Å². The largest absolute Gasteiger partial charge is 0.481 e. The molecule has 2 unspecified atom stereocenters. The highest BCUT2D eigenvalue weighted by Crippen LogP contribution is 2.34. The van der Waals surface area contributed by atoms with E-state index in [-0.39, 0.29) is 0 Å². The molecule has 3 heteroatoms. The van der Waals surface area contributed by atoms with E-state index in [9.17, 15) is 9.90 Å². The summed E-state index contributed by atoms with van der Waals surface area (Å²) in [6.45, 7) is 5.91. The number of aliphatic carboxylic acids is 1. The van der Waals surface area contributed by atoms with Crippen LogP contribution in [0.3, 0.4) is 0 Å². The maximum atomic E-state index is 11.6. The van der Waals surface area contributed by atoms with Crippen LogP contribution in [-0.4, -0.2) is 35.1 Å². The van der Waals surface area contributed by atoms with Crippen molar-refractivity contribution in [2.75, 3.05) is 13.1 Å². The van der Waals surface area contributed by atoms with Crippen LogP contribution in [0.5, 0.6) is 0 Å². The maximum absolute atomic E-state index is 11.6. The molecule has 20 heavy (non-hydrogen) atoms. The van der Waals surface area contributed by atoms with Crippen molar-refractivity contribution in [3.8, 4) is 0 Å². The lowest BCUT2D eigenvalue weighted by molar-refractivity contribution is -0.153. The topological polar surface area (TPSA) is 40.5 Å². The highest BCUT2D eigenvalue weighted by atomic mass is 16.4. The monoisotopic (exact) mass is 275 g/mol. The fourth-order valence-corrected chi connectivity index (χ4v) is 3.24. The number of hydrogen-bond donors (Lipinski definition) is 1. The zero-order chi connectivity index (χ0) is 14.6. The first-order chi connectivity index (χ1) is 9.57. The van der Waals surface area contributed by atoms with Gasteiger partial charge in [0.15, 0.2) is 0 Å². The minimum absolute atomic E-state index is 0.392. The van der Waals surface area contributed by atoms with Crippen LogP contribution >= 0.6 is 0 Å². The van der Waals surface area contributed by atoms with Gasteiger partial charge in [0.25, 0.3) is 0 Å². The number of carbonyl (C=O) groups is 1. The molecular weight excluding hydrogens is 250 g/mol. The molecule has 1 aromatic rings. The Morgan fingerprint density at radius 3 is 2.70 bits per heavy atom. The molecule has 110 valence electrons. The third-order valence-corrected chi connectivity index (χ3v) is 4.73.